The van der Waals surface area contributed by atoms with Gasteiger partial charge in [-0.1, -0.05) is 24.3 Å². The quantitative estimate of drug-likeness (QED) is 0.342. The molecule has 0 aromatic heterocycles. The Kier molecular flexibility index (Phi) is 6.65. The summed E-state index contributed by atoms with van der Waals surface area (Å²) < 4.78 is 46.2. The van der Waals surface area contributed by atoms with Crippen molar-refractivity contribution in [3.63, 3.8) is 0 Å². The molecule has 38 heavy (non-hydrogen) atoms. The molecule has 0 saturated carbocycles. The van der Waals surface area contributed by atoms with E-state index in [1.807, 2.05) is 23.9 Å². The zero-order valence-corrected chi connectivity index (χ0v) is 22.8. The number of nitrogens with one attached hydrogen (secondary N) is 2. The minimum absolute atomic E-state index is 0.103. The van der Waals surface area contributed by atoms with Crippen molar-refractivity contribution in [2.45, 2.75) is 29.4 Å². The molecule has 3 aliphatic rings. The highest BCUT2D eigenvalue weighted by Crippen LogP contribution is 2.50. The number of hydrogen-bond acceptors (Lipinski definition) is 7. The van der Waals surface area contributed by atoms with Crippen molar-refractivity contribution in [3.8, 4) is 17.2 Å². The summed E-state index contributed by atoms with van der Waals surface area (Å²) in [6, 6.07) is 18.8. The molecule has 1 fully saturated rings. The molecule has 0 radical (unpaired) electrons. The minimum Gasteiger partial charge on any atom is -0.497 e. The van der Waals surface area contributed by atoms with E-state index in [1.54, 1.807) is 37.4 Å². The molecule has 0 bridgehead atoms. The van der Waals surface area contributed by atoms with Crippen LogP contribution < -0.4 is 24.2 Å². The summed E-state index contributed by atoms with van der Waals surface area (Å²) in [7, 11) is -0.804. The van der Waals surface area contributed by atoms with Gasteiger partial charge in [0.25, 0.3) is 10.0 Å². The predicted molar refractivity (Wildman–Crippen MR) is 151 cm³/mol. The second kappa shape index (κ2) is 10.1. The average molecular weight is 551 g/mol. The van der Waals surface area contributed by atoms with Crippen LogP contribution in [0.3, 0.4) is 0 Å². The molecule has 1 aliphatic carbocycles. The van der Waals surface area contributed by atoms with Gasteiger partial charge in [-0.15, -0.1) is 0 Å². The Morgan fingerprint density at radius 2 is 1.84 bits per heavy atom. The minimum atomic E-state index is -3.85. The average Bonchev–Trinajstić information content (AvgIpc) is 3.41. The van der Waals surface area contributed by atoms with E-state index in [0.29, 0.717) is 23.3 Å². The molecule has 0 spiro atoms. The summed E-state index contributed by atoms with van der Waals surface area (Å²) >= 11 is 1.90. The smallest absolute Gasteiger partial charge is 0.262 e. The van der Waals surface area contributed by atoms with Gasteiger partial charge in [-0.3, -0.25) is 4.72 Å². The molecule has 1 saturated heterocycles. The molecule has 3 aromatic carbocycles. The fraction of sp³-hybridized carbons (Fsp3) is 0.310. The molecule has 2 heterocycles. The monoisotopic (exact) mass is 550 g/mol. The van der Waals surface area contributed by atoms with Crippen LogP contribution in [0.1, 0.15) is 29.5 Å². The van der Waals surface area contributed by atoms with E-state index in [0.717, 1.165) is 34.9 Å². The lowest BCUT2D eigenvalue weighted by atomic mass is 9.77. The van der Waals surface area contributed by atoms with E-state index in [9.17, 15) is 8.42 Å². The van der Waals surface area contributed by atoms with E-state index in [1.165, 1.54) is 12.7 Å². The Morgan fingerprint density at radius 3 is 2.61 bits per heavy atom. The van der Waals surface area contributed by atoms with E-state index in [-0.39, 0.29) is 22.8 Å². The number of sulfonamides is 1. The van der Waals surface area contributed by atoms with Gasteiger partial charge in [0, 0.05) is 29.2 Å². The highest BCUT2D eigenvalue weighted by molar-refractivity contribution is 8.00. The van der Waals surface area contributed by atoms with Crippen LogP contribution in [0.4, 0.5) is 11.4 Å². The maximum atomic E-state index is 13.4. The van der Waals surface area contributed by atoms with Crippen LogP contribution >= 0.6 is 11.8 Å². The Bertz CT molecular complexity index is 1490. The summed E-state index contributed by atoms with van der Waals surface area (Å²) in [6.45, 7) is 0. The lowest BCUT2D eigenvalue weighted by Gasteiger charge is -2.38. The van der Waals surface area contributed by atoms with E-state index in [4.69, 9.17) is 14.2 Å². The first-order valence-electron chi connectivity index (χ1n) is 12.6. The van der Waals surface area contributed by atoms with Gasteiger partial charge in [0.05, 0.1) is 30.8 Å². The molecule has 0 unspecified atom stereocenters. The van der Waals surface area contributed by atoms with Crippen LogP contribution in [0.15, 0.2) is 77.7 Å². The van der Waals surface area contributed by atoms with Gasteiger partial charge < -0.3 is 19.5 Å². The largest absolute Gasteiger partial charge is 0.497 e. The van der Waals surface area contributed by atoms with Crippen LogP contribution in [0.5, 0.6) is 17.2 Å². The molecular weight excluding hydrogens is 520 g/mol. The van der Waals surface area contributed by atoms with Gasteiger partial charge in [-0.2, -0.15) is 11.8 Å². The van der Waals surface area contributed by atoms with Crippen LogP contribution in [0, 0.1) is 5.92 Å². The summed E-state index contributed by atoms with van der Waals surface area (Å²) in [5.41, 5.74) is 3.48. The lowest BCUT2D eigenvalue weighted by molar-refractivity contribution is 0.240. The molecule has 0 amide bonds. The Hall–Kier alpha value is -3.30. The number of rotatable bonds is 8. The van der Waals surface area contributed by atoms with Crippen molar-refractivity contribution in [2.75, 3.05) is 35.8 Å². The second-order valence-corrected chi connectivity index (χ2v) is 12.5. The normalized spacial score (nSPS) is 22.0. The lowest BCUT2D eigenvalue weighted by Crippen LogP contribution is -2.31. The molecule has 2 aliphatic heterocycles. The number of fused-ring (bicyclic) bond motifs is 3. The number of thioether (sulfide) groups is 1. The molecular formula is C29H30N2O5S2. The van der Waals surface area contributed by atoms with Crippen LogP contribution in [0.25, 0.3) is 0 Å². The van der Waals surface area contributed by atoms with Gasteiger partial charge in [-0.25, -0.2) is 8.42 Å². The van der Waals surface area contributed by atoms with Crippen LogP contribution in [-0.2, 0) is 10.0 Å². The van der Waals surface area contributed by atoms with E-state index in [2.05, 4.69) is 40.4 Å². The van der Waals surface area contributed by atoms with Gasteiger partial charge >= 0.3 is 0 Å². The molecule has 2 N–H and O–H groups in total. The number of benzene rings is 3. The van der Waals surface area contributed by atoms with Gasteiger partial charge in [-0.05, 0) is 65.9 Å². The number of anilines is 2. The predicted octanol–water partition coefficient (Wildman–Crippen LogP) is 5.83. The van der Waals surface area contributed by atoms with Crippen molar-refractivity contribution in [1.82, 2.24) is 0 Å². The molecule has 7 nitrogen and oxygen atoms in total. The van der Waals surface area contributed by atoms with Crippen molar-refractivity contribution in [1.29, 1.82) is 0 Å². The second-order valence-electron chi connectivity index (χ2n) is 9.75. The molecule has 6 rings (SSSR count). The number of methoxy groups -OCH3 is 2. The maximum absolute atomic E-state index is 13.4. The highest BCUT2D eigenvalue weighted by Gasteiger charge is 2.38. The zero-order valence-electron chi connectivity index (χ0n) is 21.2. The highest BCUT2D eigenvalue weighted by atomic mass is 32.2. The first-order valence-corrected chi connectivity index (χ1v) is 15.3. The van der Waals surface area contributed by atoms with Gasteiger partial charge in [0.1, 0.15) is 23.4 Å². The first kappa shape index (κ1) is 25.0. The summed E-state index contributed by atoms with van der Waals surface area (Å²) in [6.07, 6.45) is 5.62. The Balaban J connectivity index is 1.28. The van der Waals surface area contributed by atoms with Crippen molar-refractivity contribution in [2.24, 2.45) is 5.92 Å². The van der Waals surface area contributed by atoms with Crippen molar-refractivity contribution < 1.29 is 22.6 Å². The van der Waals surface area contributed by atoms with Gasteiger partial charge in [0.2, 0.25) is 0 Å². The number of ether oxygens (including phenoxy) is 3. The topological polar surface area (TPSA) is 85.9 Å². The summed E-state index contributed by atoms with van der Waals surface area (Å²) in [4.78, 5) is 0.210. The Morgan fingerprint density at radius 1 is 0.974 bits per heavy atom. The Labute approximate surface area is 227 Å². The van der Waals surface area contributed by atoms with E-state index >= 15 is 0 Å². The number of hydrogen-bond donors (Lipinski definition) is 2. The fourth-order valence-electron chi connectivity index (χ4n) is 5.41. The molecule has 9 heteroatoms. The third-order valence-corrected chi connectivity index (χ3v) is 10.0. The summed E-state index contributed by atoms with van der Waals surface area (Å²) in [5, 5.41) is 3.70. The van der Waals surface area contributed by atoms with Crippen molar-refractivity contribution in [3.05, 3.63) is 83.9 Å². The molecule has 198 valence electrons. The first-order chi connectivity index (χ1) is 18.4. The van der Waals surface area contributed by atoms with E-state index < -0.39 is 10.0 Å². The molecule has 3 atom stereocenters. The SMILES string of the molecule is COc1ccc(NS(=O)(=O)c2ccc3c(c2)[C@H]2C=CC[C@H]2[C@@H](c2cccc(OC4CSC4)c2)N3)c(OC)c1. The third kappa shape index (κ3) is 4.69. The molecule has 3 aromatic rings. The number of allylic oxidation sites excluding steroid dienone is 2. The standard InChI is InChI=1S/C29H30N2O5S2/c1-34-19-9-11-27(28(14-19)35-2)31-38(32,33)22-10-12-26-25(15-22)23-7-4-8-24(23)29(30-26)18-5-3-6-20(13-18)36-21-16-37-17-21/h3-7,9-15,21,23-24,29-31H,8,16-17H2,1-2H3/t23-,24+,29+/m0/s1. The van der Waals surface area contributed by atoms with Crippen LogP contribution in [-0.4, -0.2) is 40.2 Å². The maximum Gasteiger partial charge on any atom is 0.262 e. The van der Waals surface area contributed by atoms with Crippen molar-refractivity contribution >= 4 is 33.2 Å². The zero-order chi connectivity index (χ0) is 26.3. The fourth-order valence-corrected chi connectivity index (χ4v) is 7.08. The third-order valence-electron chi connectivity index (χ3n) is 7.43. The van der Waals surface area contributed by atoms with Crippen LogP contribution in [0.2, 0.25) is 0 Å². The van der Waals surface area contributed by atoms with Gasteiger partial charge in [0.15, 0.2) is 0 Å². The summed E-state index contributed by atoms with van der Waals surface area (Å²) in [5.74, 6) is 4.36.